The maximum absolute atomic E-state index is 12.4. The van der Waals surface area contributed by atoms with Crippen LogP contribution in [0, 0.1) is 0 Å². The first-order valence-corrected chi connectivity index (χ1v) is 7.80. The summed E-state index contributed by atoms with van der Waals surface area (Å²) < 4.78 is 10.4. The van der Waals surface area contributed by atoms with Crippen molar-refractivity contribution in [1.82, 2.24) is 5.32 Å². The number of carbonyl (C=O) groups is 2. The van der Waals surface area contributed by atoms with E-state index in [0.717, 1.165) is 0 Å². The number of hydrogen-bond acceptors (Lipinski definition) is 5. The van der Waals surface area contributed by atoms with Gasteiger partial charge in [0.25, 0.3) is 5.91 Å². The average molecular weight is 363 g/mol. The third-order valence-electron chi connectivity index (χ3n) is 3.59. The van der Waals surface area contributed by atoms with Gasteiger partial charge in [0.05, 0.1) is 20.3 Å². The molecular formula is C18H17ClNO5-. The summed E-state index contributed by atoms with van der Waals surface area (Å²) in [4.78, 5) is 23.5. The first-order valence-electron chi connectivity index (χ1n) is 7.42. The standard InChI is InChI=1S/C18H18ClNO5/c1-24-15-8-5-12(9-16(15)25-2)14(10-17(21)22)20-18(23)11-3-6-13(19)7-4-11/h3-9,14H,10H2,1-2H3,(H,20,23)(H,21,22)/p-1/t14-/m1/s1. The van der Waals surface area contributed by atoms with Gasteiger partial charge in [-0.2, -0.15) is 0 Å². The van der Waals surface area contributed by atoms with Crippen LogP contribution < -0.4 is 19.9 Å². The monoisotopic (exact) mass is 362 g/mol. The molecule has 7 heteroatoms. The van der Waals surface area contributed by atoms with Crippen LogP contribution in [0.2, 0.25) is 5.02 Å². The number of carboxylic acid groups (broad SMARTS) is 1. The maximum atomic E-state index is 12.4. The van der Waals surface area contributed by atoms with Crippen LogP contribution in [-0.4, -0.2) is 26.1 Å². The lowest BCUT2D eigenvalue weighted by molar-refractivity contribution is -0.306. The maximum Gasteiger partial charge on any atom is 0.251 e. The normalized spacial score (nSPS) is 11.5. The zero-order chi connectivity index (χ0) is 18.4. The highest BCUT2D eigenvalue weighted by Crippen LogP contribution is 2.31. The molecule has 1 atom stereocenters. The average Bonchev–Trinajstić information content (AvgIpc) is 2.60. The summed E-state index contributed by atoms with van der Waals surface area (Å²) in [7, 11) is 2.97. The third-order valence-corrected chi connectivity index (χ3v) is 3.84. The Hall–Kier alpha value is -2.73. The van der Waals surface area contributed by atoms with E-state index in [-0.39, 0.29) is 6.42 Å². The van der Waals surface area contributed by atoms with Crippen LogP contribution in [0.15, 0.2) is 42.5 Å². The number of methoxy groups -OCH3 is 2. The second kappa shape index (κ2) is 8.39. The summed E-state index contributed by atoms with van der Waals surface area (Å²) in [6.07, 6.45) is -0.380. The molecule has 0 aliphatic rings. The summed E-state index contributed by atoms with van der Waals surface area (Å²) in [6, 6.07) is 10.4. The molecule has 0 aliphatic carbocycles. The molecule has 132 valence electrons. The molecule has 2 aromatic rings. The number of carboxylic acids is 1. The van der Waals surface area contributed by atoms with Crippen LogP contribution in [-0.2, 0) is 4.79 Å². The smallest absolute Gasteiger partial charge is 0.251 e. The Balaban J connectivity index is 2.28. The molecule has 0 bridgehead atoms. The van der Waals surface area contributed by atoms with Gasteiger partial charge >= 0.3 is 0 Å². The van der Waals surface area contributed by atoms with Crippen molar-refractivity contribution in [2.24, 2.45) is 0 Å². The molecule has 0 spiro atoms. The van der Waals surface area contributed by atoms with Gasteiger partial charge in [0.1, 0.15) is 0 Å². The van der Waals surface area contributed by atoms with Gasteiger partial charge in [-0.15, -0.1) is 0 Å². The van der Waals surface area contributed by atoms with Gasteiger partial charge < -0.3 is 24.7 Å². The fraction of sp³-hybridized carbons (Fsp3) is 0.222. The van der Waals surface area contributed by atoms with E-state index in [4.69, 9.17) is 21.1 Å². The minimum atomic E-state index is -1.28. The summed E-state index contributed by atoms with van der Waals surface area (Å²) in [6.45, 7) is 0. The molecule has 0 fully saturated rings. The fourth-order valence-corrected chi connectivity index (χ4v) is 2.46. The predicted octanol–water partition coefficient (Wildman–Crippen LogP) is 1.97. The molecule has 1 N–H and O–H groups in total. The minimum Gasteiger partial charge on any atom is -0.550 e. The zero-order valence-corrected chi connectivity index (χ0v) is 14.5. The number of nitrogens with one attached hydrogen (secondary N) is 1. The van der Waals surface area contributed by atoms with Gasteiger partial charge in [0, 0.05) is 23.0 Å². The minimum absolute atomic E-state index is 0.369. The van der Waals surface area contributed by atoms with Gasteiger partial charge in [-0.05, 0) is 42.0 Å². The van der Waals surface area contributed by atoms with Crippen LogP contribution in [0.25, 0.3) is 0 Å². The third kappa shape index (κ3) is 4.87. The van der Waals surface area contributed by atoms with Gasteiger partial charge in [0.2, 0.25) is 0 Å². The molecule has 0 aromatic heterocycles. The Morgan fingerprint density at radius 3 is 2.28 bits per heavy atom. The van der Waals surface area contributed by atoms with E-state index in [1.807, 2.05) is 0 Å². The summed E-state index contributed by atoms with van der Waals surface area (Å²) >= 11 is 5.81. The molecule has 0 heterocycles. The summed E-state index contributed by atoms with van der Waals surface area (Å²) in [5, 5.41) is 14.3. The van der Waals surface area contributed by atoms with Crippen LogP contribution in [0.3, 0.4) is 0 Å². The van der Waals surface area contributed by atoms with Crippen molar-refractivity contribution in [3.05, 3.63) is 58.6 Å². The first-order chi connectivity index (χ1) is 11.9. The van der Waals surface area contributed by atoms with Crippen LogP contribution in [0.5, 0.6) is 11.5 Å². The Labute approximate surface area is 150 Å². The Kier molecular flexibility index (Phi) is 6.25. The number of aliphatic carboxylic acids is 1. The van der Waals surface area contributed by atoms with Crippen molar-refractivity contribution >= 4 is 23.5 Å². The molecule has 1 amide bonds. The second-order valence-corrected chi connectivity index (χ2v) is 5.66. The lowest BCUT2D eigenvalue weighted by Crippen LogP contribution is -2.34. The number of amides is 1. The lowest BCUT2D eigenvalue weighted by Gasteiger charge is -2.21. The van der Waals surface area contributed by atoms with Crippen LogP contribution >= 0.6 is 11.6 Å². The van der Waals surface area contributed by atoms with Crippen molar-refractivity contribution in [1.29, 1.82) is 0 Å². The number of halogens is 1. The molecule has 0 saturated carbocycles. The highest BCUT2D eigenvalue weighted by Gasteiger charge is 2.18. The van der Waals surface area contributed by atoms with E-state index in [9.17, 15) is 14.7 Å². The molecular weight excluding hydrogens is 346 g/mol. The van der Waals surface area contributed by atoms with E-state index in [0.29, 0.717) is 27.6 Å². The molecule has 0 saturated heterocycles. The van der Waals surface area contributed by atoms with Crippen molar-refractivity contribution < 1.29 is 24.2 Å². The highest BCUT2D eigenvalue weighted by molar-refractivity contribution is 6.30. The second-order valence-electron chi connectivity index (χ2n) is 5.22. The number of ether oxygens (including phenoxy) is 2. The molecule has 2 rings (SSSR count). The van der Waals surface area contributed by atoms with E-state index in [1.54, 1.807) is 42.5 Å². The molecule has 25 heavy (non-hydrogen) atoms. The van der Waals surface area contributed by atoms with Crippen molar-refractivity contribution in [3.8, 4) is 11.5 Å². The lowest BCUT2D eigenvalue weighted by atomic mass is 10.0. The van der Waals surface area contributed by atoms with E-state index >= 15 is 0 Å². The van der Waals surface area contributed by atoms with Gasteiger partial charge in [-0.3, -0.25) is 4.79 Å². The predicted molar refractivity (Wildman–Crippen MR) is 90.8 cm³/mol. The van der Waals surface area contributed by atoms with E-state index in [1.165, 1.54) is 14.2 Å². The van der Waals surface area contributed by atoms with Crippen molar-refractivity contribution in [2.45, 2.75) is 12.5 Å². The Morgan fingerprint density at radius 1 is 1.08 bits per heavy atom. The van der Waals surface area contributed by atoms with Gasteiger partial charge in [-0.1, -0.05) is 17.7 Å². The van der Waals surface area contributed by atoms with Gasteiger partial charge in [0.15, 0.2) is 11.5 Å². The fourth-order valence-electron chi connectivity index (χ4n) is 2.33. The van der Waals surface area contributed by atoms with Crippen LogP contribution in [0.4, 0.5) is 0 Å². The zero-order valence-electron chi connectivity index (χ0n) is 13.7. The number of benzene rings is 2. The van der Waals surface area contributed by atoms with E-state index < -0.39 is 17.9 Å². The molecule has 6 nitrogen and oxygen atoms in total. The van der Waals surface area contributed by atoms with Crippen LogP contribution in [0.1, 0.15) is 28.4 Å². The topological polar surface area (TPSA) is 87.7 Å². The largest absolute Gasteiger partial charge is 0.550 e. The van der Waals surface area contributed by atoms with Crippen molar-refractivity contribution in [2.75, 3.05) is 14.2 Å². The van der Waals surface area contributed by atoms with Gasteiger partial charge in [-0.25, -0.2) is 0 Å². The number of carbonyl (C=O) groups excluding carboxylic acids is 2. The summed E-state index contributed by atoms with van der Waals surface area (Å²) in [5.74, 6) is -0.763. The highest BCUT2D eigenvalue weighted by atomic mass is 35.5. The van der Waals surface area contributed by atoms with Crippen molar-refractivity contribution in [3.63, 3.8) is 0 Å². The molecule has 2 aromatic carbocycles. The SMILES string of the molecule is COc1ccc([C@@H](CC(=O)[O-])NC(=O)c2ccc(Cl)cc2)cc1OC. The Bertz CT molecular complexity index is 761. The Morgan fingerprint density at radius 2 is 1.72 bits per heavy atom. The molecule has 0 radical (unpaired) electrons. The molecule has 0 unspecified atom stereocenters. The summed E-state index contributed by atoms with van der Waals surface area (Å²) in [5.41, 5.74) is 0.928. The number of rotatable bonds is 7. The first kappa shape index (κ1) is 18.6. The number of hydrogen-bond donors (Lipinski definition) is 1. The molecule has 0 aliphatic heterocycles. The van der Waals surface area contributed by atoms with E-state index in [2.05, 4.69) is 5.32 Å². The quantitative estimate of drug-likeness (QED) is 0.813.